The summed E-state index contributed by atoms with van der Waals surface area (Å²) in [6.45, 7) is 0. The molecular formula is C34H28N4. The second-order valence-electron chi connectivity index (χ2n) is 10.2. The fraction of sp³-hybridized carbons (Fsp3) is 0.118. The van der Waals surface area contributed by atoms with Gasteiger partial charge in [-0.1, -0.05) is 115 Å². The van der Waals surface area contributed by atoms with Crippen molar-refractivity contribution in [1.82, 2.24) is 14.4 Å². The fourth-order valence-corrected chi connectivity index (χ4v) is 5.50. The number of nitrogens with zero attached hydrogens (tertiary/aromatic N) is 3. The van der Waals surface area contributed by atoms with Crippen LogP contribution >= 0.6 is 0 Å². The quantitative estimate of drug-likeness (QED) is 0.268. The van der Waals surface area contributed by atoms with Gasteiger partial charge in [-0.25, -0.2) is 9.97 Å². The maximum atomic E-state index is 6.61. The van der Waals surface area contributed by atoms with Crippen molar-refractivity contribution in [2.45, 2.75) is 24.8 Å². The Labute approximate surface area is 222 Å². The first-order chi connectivity index (χ1) is 18.7. The SMILES string of the molecule is NC1(c2ccc(-c3nc4nc(-c5ccccc5)c(-c5ccccc5)n4cc3-c3ccccc3)cc2)CCC1. The monoisotopic (exact) mass is 492 g/mol. The van der Waals surface area contributed by atoms with Crippen molar-refractivity contribution in [3.8, 4) is 44.9 Å². The lowest BCUT2D eigenvalue weighted by Gasteiger charge is -2.38. The maximum Gasteiger partial charge on any atom is 0.235 e. The minimum absolute atomic E-state index is 0.184. The summed E-state index contributed by atoms with van der Waals surface area (Å²) < 4.78 is 2.14. The molecule has 0 aliphatic heterocycles. The van der Waals surface area contributed by atoms with Crippen LogP contribution in [0.3, 0.4) is 0 Å². The first-order valence-corrected chi connectivity index (χ1v) is 13.2. The van der Waals surface area contributed by atoms with Crippen LogP contribution in [0.1, 0.15) is 24.8 Å². The van der Waals surface area contributed by atoms with E-state index >= 15 is 0 Å². The number of nitrogens with two attached hydrogens (primary N) is 1. The van der Waals surface area contributed by atoms with Crippen LogP contribution < -0.4 is 5.73 Å². The summed E-state index contributed by atoms with van der Waals surface area (Å²) in [5.74, 6) is 0.677. The average molecular weight is 493 g/mol. The van der Waals surface area contributed by atoms with Gasteiger partial charge in [-0.15, -0.1) is 0 Å². The van der Waals surface area contributed by atoms with Gasteiger partial charge < -0.3 is 5.73 Å². The molecule has 0 amide bonds. The van der Waals surface area contributed by atoms with E-state index in [2.05, 4.69) is 108 Å². The van der Waals surface area contributed by atoms with Gasteiger partial charge in [0.1, 0.15) is 0 Å². The van der Waals surface area contributed by atoms with E-state index in [4.69, 9.17) is 15.7 Å². The Kier molecular flexibility index (Phi) is 5.41. The fourth-order valence-electron chi connectivity index (χ4n) is 5.50. The summed E-state index contributed by atoms with van der Waals surface area (Å²) >= 11 is 0. The minimum atomic E-state index is -0.184. The van der Waals surface area contributed by atoms with Crippen LogP contribution in [0.2, 0.25) is 0 Å². The van der Waals surface area contributed by atoms with Gasteiger partial charge in [0, 0.05) is 34.0 Å². The van der Waals surface area contributed by atoms with Gasteiger partial charge in [-0.05, 0) is 30.4 Å². The molecule has 4 aromatic carbocycles. The number of hydrogen-bond donors (Lipinski definition) is 1. The van der Waals surface area contributed by atoms with Crippen LogP contribution in [0, 0.1) is 0 Å². The van der Waals surface area contributed by atoms with E-state index in [1.165, 1.54) is 12.0 Å². The summed E-state index contributed by atoms with van der Waals surface area (Å²) in [4.78, 5) is 10.3. The topological polar surface area (TPSA) is 56.2 Å². The molecule has 1 aliphatic rings. The highest BCUT2D eigenvalue weighted by atomic mass is 15.1. The second-order valence-corrected chi connectivity index (χ2v) is 10.2. The van der Waals surface area contributed by atoms with Crippen molar-refractivity contribution in [2.24, 2.45) is 5.73 Å². The van der Waals surface area contributed by atoms with Gasteiger partial charge >= 0.3 is 0 Å². The molecule has 0 radical (unpaired) electrons. The standard InChI is InChI=1S/C34H28N4/c35-34(21-10-22-34)28-19-17-26(18-20-28)30-29(24-11-4-1-5-12-24)23-38-32(27-15-8-3-9-16-27)31(37-33(38)36-30)25-13-6-2-7-14-25/h1-9,11-20,23H,10,21-22,35H2. The van der Waals surface area contributed by atoms with Gasteiger partial charge in [-0.2, -0.15) is 0 Å². The van der Waals surface area contributed by atoms with Crippen LogP contribution in [0.25, 0.3) is 50.7 Å². The molecule has 0 bridgehead atoms. The van der Waals surface area contributed by atoms with Gasteiger partial charge in [0.2, 0.25) is 5.78 Å². The maximum absolute atomic E-state index is 6.61. The lowest BCUT2D eigenvalue weighted by molar-refractivity contribution is 0.253. The third-order valence-electron chi connectivity index (χ3n) is 7.78. The molecule has 0 atom stereocenters. The second kappa shape index (κ2) is 9.09. The normalized spacial score (nSPS) is 14.3. The molecule has 0 saturated heterocycles. The molecule has 1 saturated carbocycles. The zero-order valence-electron chi connectivity index (χ0n) is 21.1. The molecule has 4 nitrogen and oxygen atoms in total. The molecule has 2 heterocycles. The highest BCUT2D eigenvalue weighted by Gasteiger charge is 2.34. The van der Waals surface area contributed by atoms with Crippen molar-refractivity contribution in [3.05, 3.63) is 127 Å². The molecule has 7 rings (SSSR count). The highest BCUT2D eigenvalue weighted by molar-refractivity contribution is 5.86. The molecule has 2 aromatic heterocycles. The Bertz CT molecular complexity index is 1720. The molecule has 1 aliphatic carbocycles. The average Bonchev–Trinajstić information content (AvgIpc) is 3.35. The summed E-state index contributed by atoms with van der Waals surface area (Å²) in [5.41, 5.74) is 15.9. The molecule has 4 heteroatoms. The van der Waals surface area contributed by atoms with Crippen molar-refractivity contribution in [3.63, 3.8) is 0 Å². The Balaban J connectivity index is 1.48. The minimum Gasteiger partial charge on any atom is -0.321 e. The number of aromatic nitrogens is 3. The van der Waals surface area contributed by atoms with E-state index in [0.717, 1.165) is 57.7 Å². The number of fused-ring (bicyclic) bond motifs is 1. The van der Waals surface area contributed by atoms with Crippen LogP contribution in [0.4, 0.5) is 0 Å². The Morgan fingerprint density at radius 1 is 0.579 bits per heavy atom. The largest absolute Gasteiger partial charge is 0.321 e. The Morgan fingerprint density at radius 2 is 1.11 bits per heavy atom. The van der Waals surface area contributed by atoms with Crippen molar-refractivity contribution in [1.29, 1.82) is 0 Å². The predicted molar refractivity (Wildman–Crippen MR) is 154 cm³/mol. The summed E-state index contributed by atoms with van der Waals surface area (Å²) in [5, 5.41) is 0. The Hall–Kier alpha value is -4.54. The van der Waals surface area contributed by atoms with E-state index in [1.807, 2.05) is 18.2 Å². The Morgan fingerprint density at radius 3 is 1.68 bits per heavy atom. The summed E-state index contributed by atoms with van der Waals surface area (Å²) in [6, 6.07) is 39.9. The molecular weight excluding hydrogens is 464 g/mol. The van der Waals surface area contributed by atoms with Gasteiger partial charge in [0.25, 0.3) is 0 Å². The van der Waals surface area contributed by atoms with Crippen molar-refractivity contribution in [2.75, 3.05) is 0 Å². The van der Waals surface area contributed by atoms with Crippen LogP contribution in [-0.4, -0.2) is 14.4 Å². The first kappa shape index (κ1) is 22.6. The third kappa shape index (κ3) is 3.82. The molecule has 2 N–H and O–H groups in total. The number of rotatable bonds is 5. The van der Waals surface area contributed by atoms with Crippen LogP contribution in [0.15, 0.2) is 121 Å². The van der Waals surface area contributed by atoms with Gasteiger partial charge in [0.05, 0.1) is 17.1 Å². The summed E-state index contributed by atoms with van der Waals surface area (Å²) in [6.07, 6.45) is 5.48. The molecule has 0 unspecified atom stereocenters. The zero-order chi connectivity index (χ0) is 25.5. The number of imidazole rings is 1. The molecule has 1 fully saturated rings. The molecule has 0 spiro atoms. The van der Waals surface area contributed by atoms with Crippen molar-refractivity contribution >= 4 is 5.78 Å². The van der Waals surface area contributed by atoms with Crippen LogP contribution in [-0.2, 0) is 5.54 Å². The molecule has 184 valence electrons. The van der Waals surface area contributed by atoms with Gasteiger partial charge in [0.15, 0.2) is 0 Å². The number of benzene rings is 4. The third-order valence-corrected chi connectivity index (χ3v) is 7.78. The number of hydrogen-bond acceptors (Lipinski definition) is 3. The lowest BCUT2D eigenvalue weighted by Crippen LogP contribution is -2.43. The molecule has 38 heavy (non-hydrogen) atoms. The van der Waals surface area contributed by atoms with Crippen molar-refractivity contribution < 1.29 is 0 Å². The van der Waals surface area contributed by atoms with Gasteiger partial charge in [-0.3, -0.25) is 4.40 Å². The van der Waals surface area contributed by atoms with E-state index in [0.29, 0.717) is 5.78 Å². The zero-order valence-corrected chi connectivity index (χ0v) is 21.1. The highest BCUT2D eigenvalue weighted by Crippen LogP contribution is 2.40. The van der Waals surface area contributed by atoms with E-state index in [9.17, 15) is 0 Å². The van der Waals surface area contributed by atoms with E-state index < -0.39 is 0 Å². The van der Waals surface area contributed by atoms with E-state index in [1.54, 1.807) is 0 Å². The lowest BCUT2D eigenvalue weighted by atomic mass is 9.72. The van der Waals surface area contributed by atoms with Crippen LogP contribution in [0.5, 0.6) is 0 Å². The summed E-state index contributed by atoms with van der Waals surface area (Å²) in [7, 11) is 0. The van der Waals surface area contributed by atoms with E-state index in [-0.39, 0.29) is 5.54 Å². The smallest absolute Gasteiger partial charge is 0.235 e. The first-order valence-electron chi connectivity index (χ1n) is 13.2. The molecule has 6 aromatic rings. The predicted octanol–water partition coefficient (Wildman–Crippen LogP) is 7.74.